The minimum Gasteiger partial charge on any atom is -0.411 e. The average Bonchev–Trinajstić information content (AvgIpc) is 2.74. The van der Waals surface area contributed by atoms with Crippen LogP contribution in [0, 0.1) is 0 Å². The second-order valence-electron chi connectivity index (χ2n) is 6.69. The highest BCUT2D eigenvalue weighted by Crippen LogP contribution is 2.27. The number of oxime groups is 1. The van der Waals surface area contributed by atoms with Gasteiger partial charge in [0, 0.05) is 22.4 Å². The molecule has 0 aliphatic heterocycles. The molecule has 0 unspecified atom stereocenters. The summed E-state index contributed by atoms with van der Waals surface area (Å²) in [5.74, 6) is -0.512. The molecule has 0 aromatic heterocycles. The van der Waals surface area contributed by atoms with Gasteiger partial charge in [-0.1, -0.05) is 22.8 Å². The number of allylic oxidation sites excluding steroid dienone is 4. The van der Waals surface area contributed by atoms with E-state index in [4.69, 9.17) is 16.8 Å². The molecule has 0 radical (unpaired) electrons. The van der Waals surface area contributed by atoms with E-state index in [-0.39, 0.29) is 37.3 Å². The lowest BCUT2D eigenvalue weighted by molar-refractivity contribution is 0.103. The van der Waals surface area contributed by atoms with Crippen molar-refractivity contribution in [1.29, 1.82) is 0 Å². The number of hydrogen-bond acceptors (Lipinski definition) is 7. The van der Waals surface area contributed by atoms with Crippen molar-refractivity contribution in [2.45, 2.75) is 23.6 Å². The van der Waals surface area contributed by atoms with Crippen LogP contribution < -0.4 is 4.72 Å². The zero-order chi connectivity index (χ0) is 24.1. The predicted octanol–water partition coefficient (Wildman–Crippen LogP) is 4.08. The largest absolute Gasteiger partial charge is 0.411 e. The van der Waals surface area contributed by atoms with Gasteiger partial charge in [0.15, 0.2) is 15.6 Å². The fourth-order valence-electron chi connectivity index (χ4n) is 2.57. The maximum atomic E-state index is 13.0. The SMILES string of the molecule is C\C=C(/C=C\C(C)=N\O)C(=O)c1cc(Cl)ccc1NS(=O)(=O)c1ccc(S(C)(=O)=O)cc1. The molecule has 0 spiro atoms. The van der Waals surface area contributed by atoms with Gasteiger partial charge in [-0.3, -0.25) is 9.52 Å². The number of halogens is 1. The maximum Gasteiger partial charge on any atom is 0.261 e. The number of carbonyl (C=O) groups is 1. The minimum atomic E-state index is -4.14. The zero-order valence-electron chi connectivity index (χ0n) is 17.4. The summed E-state index contributed by atoms with van der Waals surface area (Å²) in [7, 11) is -7.62. The van der Waals surface area contributed by atoms with Crippen molar-refractivity contribution in [3.8, 4) is 0 Å². The Morgan fingerprint density at radius 2 is 1.62 bits per heavy atom. The number of Topliss-reactive ketones (excluding diaryl/α,β-unsaturated/α-hetero) is 1. The molecule has 2 rings (SSSR count). The normalized spacial score (nSPS) is 13.4. The van der Waals surface area contributed by atoms with Crippen LogP contribution >= 0.6 is 11.6 Å². The number of benzene rings is 2. The number of nitrogens with one attached hydrogen (secondary N) is 1. The molecular formula is C21H21ClN2O6S2. The van der Waals surface area contributed by atoms with Crippen molar-refractivity contribution in [2.24, 2.45) is 5.16 Å². The van der Waals surface area contributed by atoms with E-state index in [1.807, 2.05) is 0 Å². The third-order valence-corrected chi connectivity index (χ3v) is 7.01. The first-order valence-corrected chi connectivity index (χ1v) is 12.8. The Bertz CT molecular complexity index is 1330. The lowest BCUT2D eigenvalue weighted by Gasteiger charge is -2.13. The van der Waals surface area contributed by atoms with Crippen LogP contribution in [-0.2, 0) is 19.9 Å². The highest BCUT2D eigenvalue weighted by molar-refractivity contribution is 7.92. The van der Waals surface area contributed by atoms with Gasteiger partial charge in [0.1, 0.15) is 0 Å². The Morgan fingerprint density at radius 3 is 2.16 bits per heavy atom. The van der Waals surface area contributed by atoms with Crippen LogP contribution in [0.15, 0.2) is 81.2 Å². The minimum absolute atomic E-state index is 0.00479. The predicted molar refractivity (Wildman–Crippen MR) is 124 cm³/mol. The van der Waals surface area contributed by atoms with E-state index in [0.29, 0.717) is 0 Å². The molecule has 2 aromatic carbocycles. The number of sulfone groups is 1. The third kappa shape index (κ3) is 6.28. The van der Waals surface area contributed by atoms with Crippen molar-refractivity contribution in [3.05, 3.63) is 76.9 Å². The number of nitrogens with zero attached hydrogens (tertiary/aromatic N) is 1. The molecule has 0 saturated heterocycles. The van der Waals surface area contributed by atoms with E-state index in [9.17, 15) is 21.6 Å². The van der Waals surface area contributed by atoms with E-state index in [0.717, 1.165) is 18.4 Å². The first-order chi connectivity index (χ1) is 14.9. The van der Waals surface area contributed by atoms with Gasteiger partial charge in [-0.05, 0) is 68.5 Å². The summed E-state index contributed by atoms with van der Waals surface area (Å²) in [4.78, 5) is 12.8. The quantitative estimate of drug-likeness (QED) is 0.141. The molecule has 0 bridgehead atoms. The summed E-state index contributed by atoms with van der Waals surface area (Å²) in [6, 6.07) is 8.81. The van der Waals surface area contributed by atoms with Gasteiger partial charge < -0.3 is 5.21 Å². The lowest BCUT2D eigenvalue weighted by Crippen LogP contribution is -2.16. The number of hydrogen-bond donors (Lipinski definition) is 2. The summed E-state index contributed by atoms with van der Waals surface area (Å²) < 4.78 is 51.2. The van der Waals surface area contributed by atoms with Gasteiger partial charge in [0.05, 0.1) is 21.2 Å². The second-order valence-corrected chi connectivity index (χ2v) is 10.8. The third-order valence-electron chi connectivity index (χ3n) is 4.27. The molecule has 0 aliphatic carbocycles. The summed E-state index contributed by atoms with van der Waals surface area (Å²) >= 11 is 6.03. The number of anilines is 1. The smallest absolute Gasteiger partial charge is 0.261 e. The van der Waals surface area contributed by atoms with Gasteiger partial charge in [-0.25, -0.2) is 16.8 Å². The topological polar surface area (TPSA) is 130 Å². The molecule has 2 aromatic rings. The summed E-state index contributed by atoms with van der Waals surface area (Å²) in [5, 5.41) is 12.0. The van der Waals surface area contributed by atoms with E-state index in [1.165, 1.54) is 55.5 Å². The molecule has 0 fully saturated rings. The molecule has 32 heavy (non-hydrogen) atoms. The van der Waals surface area contributed by atoms with Crippen molar-refractivity contribution < 1.29 is 26.8 Å². The molecule has 170 valence electrons. The average molecular weight is 497 g/mol. The zero-order valence-corrected chi connectivity index (χ0v) is 19.8. The van der Waals surface area contributed by atoms with E-state index in [1.54, 1.807) is 6.92 Å². The first-order valence-electron chi connectivity index (χ1n) is 9.09. The Morgan fingerprint density at radius 1 is 1.03 bits per heavy atom. The van der Waals surface area contributed by atoms with Gasteiger partial charge in [-0.15, -0.1) is 0 Å². The van der Waals surface area contributed by atoms with Crippen LogP contribution in [0.25, 0.3) is 0 Å². The number of sulfonamides is 1. The van der Waals surface area contributed by atoms with Crippen LogP contribution in [0.3, 0.4) is 0 Å². The molecule has 11 heteroatoms. The molecule has 0 amide bonds. The Kier molecular flexibility index (Phi) is 8.00. The summed E-state index contributed by atoms with van der Waals surface area (Å²) in [6.07, 6.45) is 5.39. The Hall–Kier alpha value is -2.95. The molecule has 0 atom stereocenters. The standard InChI is InChI=1S/C21H21ClN2O6S2/c1-4-15(6-5-14(2)23-26)21(25)19-13-16(22)7-12-20(19)24-32(29,30)18-10-8-17(9-11-18)31(3,27)28/h4-13,24,26H,1-3H3/b6-5-,15-4+,23-14+. The Labute approximate surface area is 191 Å². The van der Waals surface area contributed by atoms with E-state index < -0.39 is 25.6 Å². The molecule has 0 heterocycles. The van der Waals surface area contributed by atoms with Crippen LogP contribution in [0.5, 0.6) is 0 Å². The highest BCUT2D eigenvalue weighted by atomic mass is 35.5. The van der Waals surface area contributed by atoms with Crippen LogP contribution in [0.1, 0.15) is 24.2 Å². The number of ketones is 1. The van der Waals surface area contributed by atoms with Gasteiger partial charge in [0.2, 0.25) is 0 Å². The van der Waals surface area contributed by atoms with E-state index in [2.05, 4.69) is 9.88 Å². The maximum absolute atomic E-state index is 13.0. The number of rotatable bonds is 8. The van der Waals surface area contributed by atoms with Crippen molar-refractivity contribution in [2.75, 3.05) is 11.0 Å². The molecule has 2 N–H and O–H groups in total. The number of carbonyl (C=O) groups excluding carboxylic acids is 1. The molecule has 0 saturated carbocycles. The Balaban J connectivity index is 2.45. The van der Waals surface area contributed by atoms with Gasteiger partial charge in [0.25, 0.3) is 10.0 Å². The fourth-order valence-corrected chi connectivity index (χ4v) is 4.45. The summed E-state index contributed by atoms with van der Waals surface area (Å²) in [5.41, 5.74) is 0.479. The molecule has 0 aliphatic rings. The van der Waals surface area contributed by atoms with Crippen LogP contribution in [0.2, 0.25) is 5.02 Å². The van der Waals surface area contributed by atoms with Crippen molar-refractivity contribution in [1.82, 2.24) is 0 Å². The van der Waals surface area contributed by atoms with Crippen molar-refractivity contribution in [3.63, 3.8) is 0 Å². The monoisotopic (exact) mass is 496 g/mol. The van der Waals surface area contributed by atoms with Crippen LogP contribution in [0.4, 0.5) is 5.69 Å². The van der Waals surface area contributed by atoms with E-state index >= 15 is 0 Å². The molecule has 8 nitrogen and oxygen atoms in total. The van der Waals surface area contributed by atoms with Crippen molar-refractivity contribution >= 4 is 48.6 Å². The molecular weight excluding hydrogens is 476 g/mol. The first kappa shape index (κ1) is 25.3. The second kappa shape index (κ2) is 10.1. The van der Waals surface area contributed by atoms with Gasteiger partial charge >= 0.3 is 0 Å². The van der Waals surface area contributed by atoms with Crippen LogP contribution in [-0.4, -0.2) is 39.8 Å². The highest BCUT2D eigenvalue weighted by Gasteiger charge is 2.21. The van der Waals surface area contributed by atoms with Gasteiger partial charge in [-0.2, -0.15) is 0 Å². The fraction of sp³-hybridized carbons (Fsp3) is 0.143. The summed E-state index contributed by atoms with van der Waals surface area (Å²) in [6.45, 7) is 3.16. The lowest BCUT2D eigenvalue weighted by atomic mass is 10.0.